The van der Waals surface area contributed by atoms with Gasteiger partial charge in [-0.1, -0.05) is 18.2 Å². The third-order valence-electron chi connectivity index (χ3n) is 3.91. The van der Waals surface area contributed by atoms with Gasteiger partial charge in [0.1, 0.15) is 0 Å². The van der Waals surface area contributed by atoms with Gasteiger partial charge in [-0.25, -0.2) is 0 Å². The Morgan fingerprint density at radius 1 is 1.13 bits per heavy atom. The molecule has 0 aliphatic carbocycles. The number of hydrogen-bond acceptors (Lipinski definition) is 3. The third-order valence-corrected chi connectivity index (χ3v) is 3.91. The molecule has 23 heavy (non-hydrogen) atoms. The zero-order chi connectivity index (χ0) is 15.8. The van der Waals surface area contributed by atoms with Crippen molar-refractivity contribution in [1.82, 2.24) is 10.6 Å². The van der Waals surface area contributed by atoms with Crippen molar-refractivity contribution in [3.8, 4) is 0 Å². The van der Waals surface area contributed by atoms with E-state index in [1.807, 2.05) is 30.1 Å². The maximum Gasteiger partial charge on any atom is 0.227 e. The van der Waals surface area contributed by atoms with Gasteiger partial charge >= 0.3 is 0 Å². The number of carbonyl (C=O) groups is 2. The van der Waals surface area contributed by atoms with E-state index in [0.29, 0.717) is 25.8 Å². The van der Waals surface area contributed by atoms with E-state index >= 15 is 0 Å². The minimum atomic E-state index is 0. The standard InChI is InChI=1S/C17H25N3O2.ClH/c1-18-11-4-8-16(21)19-12-5-9-17(22)20-13-10-14-6-2-3-7-15(14)20;/h2-3,6-7,18H,4-5,8-13H2,1H3,(H,19,21);1H. The normalized spacial score (nSPS) is 12.5. The van der Waals surface area contributed by atoms with E-state index in [9.17, 15) is 9.59 Å². The molecule has 0 spiro atoms. The van der Waals surface area contributed by atoms with Gasteiger partial charge in [-0.2, -0.15) is 0 Å². The molecule has 0 aromatic heterocycles. The SMILES string of the molecule is CNCCCC(=O)NCCCC(=O)N1CCc2ccccc21.Cl. The molecule has 128 valence electrons. The van der Waals surface area contributed by atoms with E-state index in [2.05, 4.69) is 16.7 Å². The van der Waals surface area contributed by atoms with Crippen LogP contribution in [0.1, 0.15) is 31.2 Å². The largest absolute Gasteiger partial charge is 0.356 e. The van der Waals surface area contributed by atoms with Crippen molar-refractivity contribution in [3.05, 3.63) is 29.8 Å². The lowest BCUT2D eigenvalue weighted by Gasteiger charge is -2.17. The molecule has 1 aromatic carbocycles. The van der Waals surface area contributed by atoms with Crippen molar-refractivity contribution in [3.63, 3.8) is 0 Å². The Bertz CT molecular complexity index is 522. The number of benzene rings is 1. The molecule has 0 saturated heterocycles. The highest BCUT2D eigenvalue weighted by atomic mass is 35.5. The number of para-hydroxylation sites is 1. The highest BCUT2D eigenvalue weighted by Gasteiger charge is 2.23. The Balaban J connectivity index is 0.00000264. The molecule has 1 aliphatic rings. The summed E-state index contributed by atoms with van der Waals surface area (Å²) in [4.78, 5) is 25.7. The number of anilines is 1. The van der Waals surface area contributed by atoms with Crippen molar-refractivity contribution in [1.29, 1.82) is 0 Å². The van der Waals surface area contributed by atoms with Crippen molar-refractivity contribution >= 4 is 29.9 Å². The molecular formula is C17H26ClN3O2. The molecule has 0 atom stereocenters. The van der Waals surface area contributed by atoms with E-state index < -0.39 is 0 Å². The molecule has 1 heterocycles. The van der Waals surface area contributed by atoms with Crippen LogP contribution in [0.5, 0.6) is 0 Å². The summed E-state index contributed by atoms with van der Waals surface area (Å²) >= 11 is 0. The van der Waals surface area contributed by atoms with E-state index in [0.717, 1.165) is 31.6 Å². The highest BCUT2D eigenvalue weighted by Crippen LogP contribution is 2.27. The number of rotatable bonds is 8. The lowest BCUT2D eigenvalue weighted by molar-refractivity contribution is -0.122. The maximum atomic E-state index is 12.3. The molecule has 0 radical (unpaired) electrons. The van der Waals surface area contributed by atoms with Gasteiger partial charge in [0, 0.05) is 31.6 Å². The van der Waals surface area contributed by atoms with E-state index in [1.54, 1.807) is 0 Å². The summed E-state index contributed by atoms with van der Waals surface area (Å²) < 4.78 is 0. The summed E-state index contributed by atoms with van der Waals surface area (Å²) in [7, 11) is 1.88. The Morgan fingerprint density at radius 2 is 1.87 bits per heavy atom. The third kappa shape index (κ3) is 5.84. The first-order chi connectivity index (χ1) is 10.7. The van der Waals surface area contributed by atoms with Crippen molar-refractivity contribution < 1.29 is 9.59 Å². The van der Waals surface area contributed by atoms with Crippen LogP contribution in [-0.4, -0.2) is 38.5 Å². The van der Waals surface area contributed by atoms with E-state index in [1.165, 1.54) is 5.56 Å². The zero-order valence-electron chi connectivity index (χ0n) is 13.6. The summed E-state index contributed by atoms with van der Waals surface area (Å²) in [6, 6.07) is 8.06. The molecule has 6 heteroatoms. The van der Waals surface area contributed by atoms with Gasteiger partial charge in [0.2, 0.25) is 11.8 Å². The van der Waals surface area contributed by atoms with Crippen molar-refractivity contribution in [2.75, 3.05) is 31.6 Å². The Labute approximate surface area is 144 Å². The molecule has 2 amide bonds. The summed E-state index contributed by atoms with van der Waals surface area (Å²) in [5, 5.41) is 5.88. The van der Waals surface area contributed by atoms with Crippen LogP contribution in [0.2, 0.25) is 0 Å². The first-order valence-electron chi connectivity index (χ1n) is 8.02. The molecule has 0 bridgehead atoms. The van der Waals surface area contributed by atoms with Gasteiger partial charge in [0.25, 0.3) is 0 Å². The van der Waals surface area contributed by atoms with Gasteiger partial charge in [-0.15, -0.1) is 12.4 Å². The second-order valence-corrected chi connectivity index (χ2v) is 5.58. The van der Waals surface area contributed by atoms with Gasteiger partial charge in [0.15, 0.2) is 0 Å². The fourth-order valence-corrected chi connectivity index (χ4v) is 2.71. The van der Waals surface area contributed by atoms with Crippen LogP contribution in [0.25, 0.3) is 0 Å². The fraction of sp³-hybridized carbons (Fsp3) is 0.529. The Kier molecular flexibility index (Phi) is 8.66. The predicted molar refractivity (Wildman–Crippen MR) is 95.2 cm³/mol. The quantitative estimate of drug-likeness (QED) is 0.711. The second kappa shape index (κ2) is 10.2. The summed E-state index contributed by atoms with van der Waals surface area (Å²) in [5.41, 5.74) is 2.29. The van der Waals surface area contributed by atoms with Crippen LogP contribution >= 0.6 is 12.4 Å². The topological polar surface area (TPSA) is 61.4 Å². The van der Waals surface area contributed by atoms with Crippen LogP contribution in [-0.2, 0) is 16.0 Å². The van der Waals surface area contributed by atoms with Crippen molar-refractivity contribution in [2.45, 2.75) is 32.1 Å². The van der Waals surface area contributed by atoms with Gasteiger partial charge in [-0.3, -0.25) is 9.59 Å². The minimum absolute atomic E-state index is 0. The number of fused-ring (bicyclic) bond motifs is 1. The number of carbonyl (C=O) groups excluding carboxylic acids is 2. The van der Waals surface area contributed by atoms with Gasteiger partial charge in [-0.05, 0) is 44.5 Å². The van der Waals surface area contributed by atoms with E-state index in [4.69, 9.17) is 0 Å². The highest BCUT2D eigenvalue weighted by molar-refractivity contribution is 5.95. The first-order valence-corrected chi connectivity index (χ1v) is 8.02. The second-order valence-electron chi connectivity index (χ2n) is 5.58. The number of nitrogens with zero attached hydrogens (tertiary/aromatic N) is 1. The molecule has 0 fully saturated rings. The molecule has 1 aromatic rings. The smallest absolute Gasteiger partial charge is 0.227 e. The Hall–Kier alpha value is -1.59. The molecule has 2 N–H and O–H groups in total. The summed E-state index contributed by atoms with van der Waals surface area (Å²) in [5.74, 6) is 0.212. The van der Waals surface area contributed by atoms with E-state index in [-0.39, 0.29) is 24.2 Å². The molecule has 0 unspecified atom stereocenters. The average molecular weight is 340 g/mol. The van der Waals surface area contributed by atoms with Crippen LogP contribution in [0.4, 0.5) is 5.69 Å². The molecule has 5 nitrogen and oxygen atoms in total. The monoisotopic (exact) mass is 339 g/mol. The number of amides is 2. The van der Waals surface area contributed by atoms with Gasteiger partial charge in [0.05, 0.1) is 0 Å². The van der Waals surface area contributed by atoms with Gasteiger partial charge < -0.3 is 15.5 Å². The lowest BCUT2D eigenvalue weighted by Crippen LogP contribution is -2.30. The Morgan fingerprint density at radius 3 is 2.65 bits per heavy atom. The molecule has 1 aliphatic heterocycles. The molecule has 0 saturated carbocycles. The maximum absolute atomic E-state index is 12.3. The number of halogens is 1. The van der Waals surface area contributed by atoms with Crippen LogP contribution in [0.15, 0.2) is 24.3 Å². The predicted octanol–water partition coefficient (Wildman–Crippen LogP) is 1.89. The average Bonchev–Trinajstić information content (AvgIpc) is 2.96. The van der Waals surface area contributed by atoms with Crippen LogP contribution in [0, 0.1) is 0 Å². The van der Waals surface area contributed by atoms with Crippen LogP contribution in [0.3, 0.4) is 0 Å². The van der Waals surface area contributed by atoms with Crippen molar-refractivity contribution in [2.24, 2.45) is 0 Å². The number of nitrogens with one attached hydrogen (secondary N) is 2. The lowest BCUT2D eigenvalue weighted by atomic mass is 10.2. The fourth-order valence-electron chi connectivity index (χ4n) is 2.71. The molecular weight excluding hydrogens is 314 g/mol. The zero-order valence-corrected chi connectivity index (χ0v) is 14.5. The minimum Gasteiger partial charge on any atom is -0.356 e. The first kappa shape index (κ1) is 19.5. The summed E-state index contributed by atoms with van der Waals surface area (Å²) in [6.07, 6.45) is 3.48. The number of hydrogen-bond donors (Lipinski definition) is 2. The molecule has 2 rings (SSSR count). The van der Waals surface area contributed by atoms with Crippen LogP contribution < -0.4 is 15.5 Å². The summed E-state index contributed by atoms with van der Waals surface area (Å²) in [6.45, 7) is 2.19.